The minimum atomic E-state index is -3.40. The monoisotopic (exact) mass is 450 g/mol. The first kappa shape index (κ1) is 21.8. The predicted molar refractivity (Wildman–Crippen MR) is 129 cm³/mol. The summed E-state index contributed by atoms with van der Waals surface area (Å²) in [5.74, 6) is 0. The zero-order valence-corrected chi connectivity index (χ0v) is 19.4. The molecule has 166 valence electrons. The zero-order chi connectivity index (χ0) is 23.0. The van der Waals surface area contributed by atoms with Crippen molar-refractivity contribution in [2.45, 2.75) is 18.2 Å². The smallest absolute Gasteiger partial charge is 0.258 e. The van der Waals surface area contributed by atoms with Crippen LogP contribution in [0.25, 0.3) is 33.0 Å². The number of benzene rings is 2. The van der Waals surface area contributed by atoms with Gasteiger partial charge in [0.15, 0.2) is 9.84 Å². The summed E-state index contributed by atoms with van der Waals surface area (Å²) in [7, 11) is 0.166. The van der Waals surface area contributed by atoms with Crippen molar-refractivity contribution < 1.29 is 8.42 Å². The average Bonchev–Trinajstić information content (AvgIpc) is 3.20. The average molecular weight is 451 g/mol. The van der Waals surface area contributed by atoms with Gasteiger partial charge in [0.2, 0.25) is 0 Å². The third-order valence-corrected chi connectivity index (χ3v) is 6.61. The van der Waals surface area contributed by atoms with Crippen LogP contribution in [0.3, 0.4) is 0 Å². The van der Waals surface area contributed by atoms with Crippen molar-refractivity contribution in [1.82, 2.24) is 14.3 Å². The lowest BCUT2D eigenvalue weighted by molar-refractivity contribution is 0.602. The Labute approximate surface area is 187 Å². The van der Waals surface area contributed by atoms with E-state index in [1.54, 1.807) is 42.3 Å². The summed E-state index contributed by atoms with van der Waals surface area (Å²) in [6.07, 6.45) is 7.59. The number of pyridine rings is 1. The lowest BCUT2D eigenvalue weighted by atomic mass is 9.96. The molecule has 0 aliphatic carbocycles. The van der Waals surface area contributed by atoms with Gasteiger partial charge in [0, 0.05) is 67.1 Å². The van der Waals surface area contributed by atoms with Crippen LogP contribution >= 0.6 is 0 Å². The number of anilines is 1. The van der Waals surface area contributed by atoms with Gasteiger partial charge >= 0.3 is 0 Å². The lowest BCUT2D eigenvalue weighted by Gasteiger charge is -2.16. The van der Waals surface area contributed by atoms with Crippen LogP contribution in [0.1, 0.15) is 13.3 Å². The van der Waals surface area contributed by atoms with E-state index in [1.165, 1.54) is 10.8 Å². The van der Waals surface area contributed by atoms with Gasteiger partial charge in [-0.15, -0.1) is 0 Å². The molecule has 1 N–H and O–H groups in total. The van der Waals surface area contributed by atoms with Gasteiger partial charge in [-0.1, -0.05) is 13.0 Å². The van der Waals surface area contributed by atoms with Gasteiger partial charge in [-0.3, -0.25) is 9.48 Å². The highest BCUT2D eigenvalue weighted by Crippen LogP contribution is 2.36. The van der Waals surface area contributed by atoms with Gasteiger partial charge in [0.05, 0.1) is 11.1 Å². The van der Waals surface area contributed by atoms with Gasteiger partial charge < -0.3 is 9.88 Å². The molecule has 4 aromatic rings. The highest BCUT2D eigenvalue weighted by molar-refractivity contribution is 7.90. The van der Waals surface area contributed by atoms with Gasteiger partial charge in [-0.2, -0.15) is 5.10 Å². The van der Waals surface area contributed by atoms with Crippen molar-refractivity contribution in [3.63, 3.8) is 0 Å². The third kappa shape index (κ3) is 4.05. The van der Waals surface area contributed by atoms with Crippen LogP contribution < -0.4 is 10.9 Å². The van der Waals surface area contributed by atoms with Gasteiger partial charge in [-0.05, 0) is 47.7 Å². The second-order valence-electron chi connectivity index (χ2n) is 8.03. The number of sulfone groups is 1. The molecule has 0 fully saturated rings. The Bertz CT molecular complexity index is 1480. The predicted octanol–water partition coefficient (Wildman–Crippen LogP) is 3.83. The normalized spacial score (nSPS) is 11.8. The van der Waals surface area contributed by atoms with E-state index in [4.69, 9.17) is 0 Å². The quantitative estimate of drug-likeness (QED) is 0.483. The van der Waals surface area contributed by atoms with E-state index in [-0.39, 0.29) is 10.5 Å². The molecule has 0 bridgehead atoms. The minimum Gasteiger partial charge on any atom is -0.385 e. The Morgan fingerprint density at radius 2 is 1.75 bits per heavy atom. The molecule has 0 amide bonds. The summed E-state index contributed by atoms with van der Waals surface area (Å²) in [5.41, 5.74) is 4.12. The molecule has 32 heavy (non-hydrogen) atoms. The molecule has 0 spiro atoms. The van der Waals surface area contributed by atoms with Gasteiger partial charge in [-0.25, -0.2) is 8.42 Å². The summed E-state index contributed by atoms with van der Waals surface area (Å²) in [5, 5.41) is 8.98. The zero-order valence-electron chi connectivity index (χ0n) is 18.6. The minimum absolute atomic E-state index is 0.108. The number of aromatic nitrogens is 3. The maximum absolute atomic E-state index is 12.9. The second kappa shape index (κ2) is 8.27. The Morgan fingerprint density at radius 1 is 0.969 bits per heavy atom. The van der Waals surface area contributed by atoms with Crippen LogP contribution in [-0.2, 0) is 23.9 Å². The second-order valence-corrected chi connectivity index (χ2v) is 10.0. The highest BCUT2D eigenvalue weighted by atomic mass is 32.2. The van der Waals surface area contributed by atoms with Crippen LogP contribution in [0, 0.1) is 0 Å². The molecule has 2 aromatic carbocycles. The molecule has 0 saturated heterocycles. The summed E-state index contributed by atoms with van der Waals surface area (Å²) in [6, 6.07) is 10.8. The molecule has 0 unspecified atom stereocenters. The van der Waals surface area contributed by atoms with Crippen molar-refractivity contribution in [1.29, 1.82) is 0 Å². The van der Waals surface area contributed by atoms with Gasteiger partial charge in [0.25, 0.3) is 5.56 Å². The molecule has 4 rings (SSSR count). The fourth-order valence-corrected chi connectivity index (χ4v) is 4.47. The van der Waals surface area contributed by atoms with E-state index in [0.717, 1.165) is 46.3 Å². The van der Waals surface area contributed by atoms with Crippen LogP contribution in [0.5, 0.6) is 0 Å². The maximum Gasteiger partial charge on any atom is 0.258 e. The maximum atomic E-state index is 12.9. The number of hydrogen-bond donors (Lipinski definition) is 1. The van der Waals surface area contributed by atoms with E-state index in [0.29, 0.717) is 5.39 Å². The Kier molecular flexibility index (Phi) is 5.64. The highest BCUT2D eigenvalue weighted by Gasteiger charge is 2.17. The molecular formula is C24H26N4O3S. The van der Waals surface area contributed by atoms with Crippen molar-refractivity contribution in [3.8, 4) is 22.3 Å². The molecule has 8 heteroatoms. The van der Waals surface area contributed by atoms with E-state index in [1.807, 2.05) is 31.4 Å². The Balaban J connectivity index is 2.05. The van der Waals surface area contributed by atoms with Crippen molar-refractivity contribution in [3.05, 3.63) is 65.3 Å². The first-order valence-corrected chi connectivity index (χ1v) is 12.3. The number of fused-ring (bicyclic) bond motifs is 1. The lowest BCUT2D eigenvalue weighted by Crippen LogP contribution is -2.17. The first-order valence-electron chi connectivity index (χ1n) is 10.4. The number of rotatable bonds is 6. The summed E-state index contributed by atoms with van der Waals surface area (Å²) in [6.45, 7) is 2.81. The molecule has 0 aliphatic rings. The fourth-order valence-electron chi connectivity index (χ4n) is 3.82. The Hall–Kier alpha value is -3.39. The SMILES string of the molecule is CCCNc1ccc(S(C)(=O)=O)cc1-c1cn(C)c(=O)c2ccc(-c3cnn(C)c3)cc12. The molecule has 0 aliphatic heterocycles. The summed E-state index contributed by atoms with van der Waals surface area (Å²) >= 11 is 0. The standard InChI is InChI=1S/C24H26N4O3S/c1-5-10-25-23-9-7-18(32(4,30)31)12-21(23)22-15-27(2)24(29)19-8-6-16(11-20(19)22)17-13-26-28(3)14-17/h6-9,11-15,25H,5,10H2,1-4H3. The van der Waals surface area contributed by atoms with E-state index in [9.17, 15) is 13.2 Å². The summed E-state index contributed by atoms with van der Waals surface area (Å²) in [4.78, 5) is 13.1. The fraction of sp³-hybridized carbons (Fsp3) is 0.250. The molecule has 7 nitrogen and oxygen atoms in total. The number of nitrogens with zero attached hydrogens (tertiary/aromatic N) is 3. The van der Waals surface area contributed by atoms with Crippen molar-refractivity contribution in [2.24, 2.45) is 14.1 Å². The third-order valence-electron chi connectivity index (χ3n) is 5.50. The largest absolute Gasteiger partial charge is 0.385 e. The van der Waals surface area contributed by atoms with Crippen LogP contribution in [0.4, 0.5) is 5.69 Å². The van der Waals surface area contributed by atoms with Gasteiger partial charge in [0.1, 0.15) is 0 Å². The van der Waals surface area contributed by atoms with Crippen LogP contribution in [-0.4, -0.2) is 35.6 Å². The van der Waals surface area contributed by atoms with Crippen LogP contribution in [0.15, 0.2) is 64.7 Å². The van der Waals surface area contributed by atoms with Crippen LogP contribution in [0.2, 0.25) is 0 Å². The van der Waals surface area contributed by atoms with E-state index < -0.39 is 9.84 Å². The van der Waals surface area contributed by atoms with E-state index in [2.05, 4.69) is 17.3 Å². The molecule has 0 atom stereocenters. The molecular weight excluding hydrogens is 424 g/mol. The van der Waals surface area contributed by atoms with Crippen molar-refractivity contribution in [2.75, 3.05) is 18.1 Å². The molecule has 0 radical (unpaired) electrons. The first-order chi connectivity index (χ1) is 15.2. The topological polar surface area (TPSA) is 86.0 Å². The number of hydrogen-bond acceptors (Lipinski definition) is 5. The number of aryl methyl sites for hydroxylation is 2. The molecule has 2 aromatic heterocycles. The molecule has 0 saturated carbocycles. The summed E-state index contributed by atoms with van der Waals surface area (Å²) < 4.78 is 27.8. The van der Waals surface area contributed by atoms with Crippen molar-refractivity contribution >= 4 is 26.3 Å². The van der Waals surface area contributed by atoms with E-state index >= 15 is 0 Å². The molecule has 2 heterocycles. The Morgan fingerprint density at radius 3 is 2.41 bits per heavy atom. The number of nitrogens with one attached hydrogen (secondary N) is 1.